The molecule has 1 aromatic rings. The van der Waals surface area contributed by atoms with E-state index in [4.69, 9.17) is 10.5 Å². The lowest BCUT2D eigenvalue weighted by Gasteiger charge is -2.43. The maximum Gasteiger partial charge on any atom is 0.408 e. The van der Waals surface area contributed by atoms with Crippen LogP contribution in [0.3, 0.4) is 0 Å². The Morgan fingerprint density at radius 1 is 1.00 bits per heavy atom. The molecule has 0 radical (unpaired) electrons. The Morgan fingerprint density at radius 2 is 1.57 bits per heavy atom. The largest absolute Gasteiger partial charge is 0.468 e. The zero-order valence-corrected chi connectivity index (χ0v) is 23.0. The molecule has 0 spiro atoms. The number of ether oxygens (including phenoxy) is 2. The van der Waals surface area contributed by atoms with Crippen LogP contribution in [0.2, 0.25) is 0 Å². The first-order chi connectivity index (χ1) is 17.0. The van der Waals surface area contributed by atoms with Crippen molar-refractivity contribution in [2.75, 3.05) is 13.7 Å². The lowest BCUT2D eigenvalue weighted by Crippen LogP contribution is -2.59. The molecule has 1 rings (SSSR count). The van der Waals surface area contributed by atoms with Gasteiger partial charge in [0.15, 0.2) is 0 Å². The molecule has 37 heavy (non-hydrogen) atoms. The van der Waals surface area contributed by atoms with Gasteiger partial charge in [0.1, 0.15) is 24.2 Å². The molecule has 0 saturated heterocycles. The van der Waals surface area contributed by atoms with E-state index in [0.717, 1.165) is 5.56 Å². The molecule has 0 saturated carbocycles. The van der Waals surface area contributed by atoms with Crippen LogP contribution in [0.4, 0.5) is 4.79 Å². The number of aryl methyl sites for hydroxylation is 1. The smallest absolute Gasteiger partial charge is 0.408 e. The molecule has 0 heterocycles. The number of hydrogen-bond donors (Lipinski definition) is 3. The number of rotatable bonds is 10. The van der Waals surface area contributed by atoms with Gasteiger partial charge < -0.3 is 30.7 Å². The summed E-state index contributed by atoms with van der Waals surface area (Å²) in [7, 11) is 1.20. The Labute approximate surface area is 218 Å². The normalized spacial score (nSPS) is 13.1. The predicted molar refractivity (Wildman–Crippen MR) is 137 cm³/mol. The first kappa shape index (κ1) is 31.4. The SMILES string of the molecule is COC(=O)CNC(=O)C(c1ccc(C)cc1)N(C(=O)C(CCC(N)=O)NC(=O)OC(C)(C)C)C(C)(C)C. The molecule has 11 nitrogen and oxygen atoms in total. The van der Waals surface area contributed by atoms with Crippen LogP contribution in [-0.4, -0.2) is 65.5 Å². The second-order valence-corrected chi connectivity index (χ2v) is 10.7. The summed E-state index contributed by atoms with van der Waals surface area (Å²) in [6, 6.07) is 4.62. The molecule has 206 valence electrons. The first-order valence-corrected chi connectivity index (χ1v) is 12.0. The number of esters is 1. The summed E-state index contributed by atoms with van der Waals surface area (Å²) in [5.41, 5.74) is 4.98. The van der Waals surface area contributed by atoms with Gasteiger partial charge in [0.05, 0.1) is 7.11 Å². The van der Waals surface area contributed by atoms with Gasteiger partial charge in [0.2, 0.25) is 17.7 Å². The fraction of sp³-hybridized carbons (Fsp3) is 0.577. The zero-order chi connectivity index (χ0) is 28.6. The minimum absolute atomic E-state index is 0.107. The number of methoxy groups -OCH3 is 1. The number of primary amides is 1. The lowest BCUT2D eigenvalue weighted by molar-refractivity contribution is -0.149. The van der Waals surface area contributed by atoms with Crippen LogP contribution in [0.5, 0.6) is 0 Å². The summed E-state index contributed by atoms with van der Waals surface area (Å²) in [6.45, 7) is 11.7. The van der Waals surface area contributed by atoms with Crippen molar-refractivity contribution < 1.29 is 33.4 Å². The van der Waals surface area contributed by atoms with E-state index in [1.165, 1.54) is 12.0 Å². The average molecular weight is 521 g/mol. The Bertz CT molecular complexity index is 978. The molecule has 4 amide bonds. The molecule has 0 aliphatic heterocycles. The fourth-order valence-electron chi connectivity index (χ4n) is 3.50. The maximum absolute atomic E-state index is 14.0. The van der Waals surface area contributed by atoms with Crippen molar-refractivity contribution in [2.24, 2.45) is 5.73 Å². The van der Waals surface area contributed by atoms with Gasteiger partial charge in [-0.05, 0) is 60.5 Å². The molecule has 0 bridgehead atoms. The summed E-state index contributed by atoms with van der Waals surface area (Å²) in [5.74, 6) is -2.56. The summed E-state index contributed by atoms with van der Waals surface area (Å²) >= 11 is 0. The number of carbonyl (C=O) groups excluding carboxylic acids is 5. The molecule has 2 unspecified atom stereocenters. The molecular formula is C26H40N4O7. The Hall–Kier alpha value is -3.63. The highest BCUT2D eigenvalue weighted by Crippen LogP contribution is 2.30. The van der Waals surface area contributed by atoms with Crippen LogP contribution in [0.15, 0.2) is 24.3 Å². The van der Waals surface area contributed by atoms with Gasteiger partial charge in [-0.2, -0.15) is 0 Å². The van der Waals surface area contributed by atoms with E-state index in [0.29, 0.717) is 5.56 Å². The van der Waals surface area contributed by atoms with E-state index < -0.39 is 59.6 Å². The Morgan fingerprint density at radius 3 is 2.03 bits per heavy atom. The molecule has 1 aromatic carbocycles. The maximum atomic E-state index is 14.0. The van der Waals surface area contributed by atoms with E-state index in [9.17, 15) is 24.0 Å². The highest BCUT2D eigenvalue weighted by Gasteiger charge is 2.42. The summed E-state index contributed by atoms with van der Waals surface area (Å²) < 4.78 is 9.92. The van der Waals surface area contributed by atoms with E-state index in [-0.39, 0.29) is 12.8 Å². The lowest BCUT2D eigenvalue weighted by atomic mass is 9.94. The number of alkyl carbamates (subject to hydrolysis) is 1. The van der Waals surface area contributed by atoms with Crippen LogP contribution >= 0.6 is 0 Å². The molecule has 11 heteroatoms. The molecule has 2 atom stereocenters. The Balaban J connectivity index is 3.54. The number of amides is 4. The standard InChI is InChI=1S/C26H40N4O7/c1-16-9-11-17(12-10-16)21(22(33)28-15-20(32)36-8)30(25(2,3)4)23(34)18(13-14-19(27)31)29-24(35)37-26(5,6)7/h9-12,18,21H,13-15H2,1-8H3,(H2,27,31)(H,28,33)(H,29,35). The van der Waals surface area contributed by atoms with Crippen LogP contribution in [0.25, 0.3) is 0 Å². The van der Waals surface area contributed by atoms with Crippen molar-refractivity contribution in [1.82, 2.24) is 15.5 Å². The highest BCUT2D eigenvalue weighted by atomic mass is 16.6. The summed E-state index contributed by atoms with van der Waals surface area (Å²) in [6.07, 6.45) is -1.15. The van der Waals surface area contributed by atoms with Crippen molar-refractivity contribution in [3.8, 4) is 0 Å². The molecule has 0 aromatic heterocycles. The van der Waals surface area contributed by atoms with E-state index >= 15 is 0 Å². The Kier molecular flexibility index (Phi) is 11.1. The highest BCUT2D eigenvalue weighted by molar-refractivity contribution is 5.94. The molecule has 0 aliphatic carbocycles. The monoisotopic (exact) mass is 520 g/mol. The zero-order valence-electron chi connectivity index (χ0n) is 23.0. The average Bonchev–Trinajstić information content (AvgIpc) is 2.76. The molecule has 0 aliphatic rings. The van der Waals surface area contributed by atoms with Crippen molar-refractivity contribution in [3.05, 3.63) is 35.4 Å². The third-order valence-corrected chi connectivity index (χ3v) is 5.16. The fourth-order valence-corrected chi connectivity index (χ4v) is 3.50. The minimum Gasteiger partial charge on any atom is -0.468 e. The van der Waals surface area contributed by atoms with Crippen molar-refractivity contribution in [3.63, 3.8) is 0 Å². The third-order valence-electron chi connectivity index (χ3n) is 5.16. The van der Waals surface area contributed by atoms with Gasteiger partial charge in [0.25, 0.3) is 0 Å². The third kappa shape index (κ3) is 10.5. The van der Waals surface area contributed by atoms with Gasteiger partial charge in [-0.1, -0.05) is 29.8 Å². The second-order valence-electron chi connectivity index (χ2n) is 10.7. The van der Waals surface area contributed by atoms with E-state index in [2.05, 4.69) is 15.4 Å². The second kappa shape index (κ2) is 13.1. The van der Waals surface area contributed by atoms with Gasteiger partial charge >= 0.3 is 12.1 Å². The number of nitrogens with zero attached hydrogens (tertiary/aromatic N) is 1. The summed E-state index contributed by atoms with van der Waals surface area (Å²) in [5, 5.41) is 5.05. The summed E-state index contributed by atoms with van der Waals surface area (Å²) in [4.78, 5) is 64.6. The molecule has 4 N–H and O–H groups in total. The minimum atomic E-state index is -1.22. The number of benzene rings is 1. The van der Waals surface area contributed by atoms with Gasteiger partial charge in [-0.25, -0.2) is 4.79 Å². The van der Waals surface area contributed by atoms with Crippen LogP contribution in [0.1, 0.15) is 71.6 Å². The van der Waals surface area contributed by atoms with Gasteiger partial charge in [0, 0.05) is 12.0 Å². The van der Waals surface area contributed by atoms with Crippen molar-refractivity contribution in [1.29, 1.82) is 0 Å². The number of nitrogens with two attached hydrogens (primary N) is 1. The van der Waals surface area contributed by atoms with Gasteiger partial charge in [-0.15, -0.1) is 0 Å². The van der Waals surface area contributed by atoms with Crippen molar-refractivity contribution in [2.45, 2.75) is 84.5 Å². The van der Waals surface area contributed by atoms with Crippen molar-refractivity contribution >= 4 is 29.8 Å². The van der Waals surface area contributed by atoms with E-state index in [1.807, 2.05) is 6.92 Å². The number of carbonyl (C=O) groups is 5. The van der Waals surface area contributed by atoms with Crippen LogP contribution < -0.4 is 16.4 Å². The van der Waals surface area contributed by atoms with Crippen LogP contribution in [-0.2, 0) is 28.7 Å². The predicted octanol–water partition coefficient (Wildman–Crippen LogP) is 2.11. The molecule has 0 fully saturated rings. The quantitative estimate of drug-likeness (QED) is 0.399. The van der Waals surface area contributed by atoms with Crippen LogP contribution in [0, 0.1) is 6.92 Å². The topological polar surface area (TPSA) is 157 Å². The number of hydrogen-bond acceptors (Lipinski definition) is 7. The van der Waals surface area contributed by atoms with E-state index in [1.54, 1.807) is 65.8 Å². The first-order valence-electron chi connectivity index (χ1n) is 12.0. The number of nitrogens with one attached hydrogen (secondary N) is 2. The molecular weight excluding hydrogens is 480 g/mol. The van der Waals surface area contributed by atoms with Gasteiger partial charge in [-0.3, -0.25) is 19.2 Å².